The van der Waals surface area contributed by atoms with Crippen LogP contribution in [0.5, 0.6) is 0 Å². The Morgan fingerprint density at radius 2 is 1.75 bits per heavy atom. The molecule has 12 heteroatoms. The van der Waals surface area contributed by atoms with E-state index in [-0.39, 0.29) is 23.1 Å². The van der Waals surface area contributed by atoms with Gasteiger partial charge in [-0.05, 0) is 85.3 Å². The Labute approximate surface area is 305 Å². The third-order valence-corrected chi connectivity index (χ3v) is 10.8. The number of aromatic nitrogens is 3. The predicted molar refractivity (Wildman–Crippen MR) is 201 cm³/mol. The lowest BCUT2D eigenvalue weighted by Gasteiger charge is -2.17. The number of rotatable bonds is 10. The minimum Gasteiger partial charge on any atom is -0.481 e. The minimum atomic E-state index is -0.792. The van der Waals surface area contributed by atoms with Crippen molar-refractivity contribution in [3.63, 3.8) is 0 Å². The molecule has 2 aromatic carbocycles. The molecule has 6 heterocycles. The number of anilines is 2. The van der Waals surface area contributed by atoms with E-state index in [1.54, 1.807) is 16.8 Å². The summed E-state index contributed by atoms with van der Waals surface area (Å²) in [6, 6.07) is 17.9. The number of fused-ring (bicyclic) bond motifs is 2. The number of β-amino-alcohol motifs (C(OH)–C–C–N with tert-alkyl or cyclic N) is 1. The van der Waals surface area contributed by atoms with Crippen LogP contribution in [0.3, 0.4) is 0 Å². The number of nitrogens with one attached hydrogen (secondary N) is 2. The van der Waals surface area contributed by atoms with Crippen LogP contribution < -0.4 is 10.8 Å². The van der Waals surface area contributed by atoms with Gasteiger partial charge in [0.2, 0.25) is 0 Å². The Balaban J connectivity index is 1.05. The minimum absolute atomic E-state index is 0.0405. The van der Waals surface area contributed by atoms with Crippen LogP contribution in [0.2, 0.25) is 0 Å². The fourth-order valence-electron chi connectivity index (χ4n) is 7.84. The smallest absolute Gasteiger partial charge is 0.307 e. The van der Waals surface area contributed by atoms with Crippen molar-refractivity contribution >= 4 is 39.3 Å². The molecular formula is C41H42FN7O4. The summed E-state index contributed by atoms with van der Waals surface area (Å²) >= 11 is 0. The summed E-state index contributed by atoms with van der Waals surface area (Å²) in [5, 5.41) is 33.0. The zero-order chi connectivity index (χ0) is 36.8. The number of aliphatic hydroxyl groups is 1. The van der Waals surface area contributed by atoms with Gasteiger partial charge in [-0.25, -0.2) is 9.37 Å². The predicted octanol–water partition coefficient (Wildman–Crippen LogP) is 6.46. The van der Waals surface area contributed by atoms with Gasteiger partial charge in [-0.3, -0.25) is 20.1 Å². The van der Waals surface area contributed by atoms with Gasteiger partial charge in [0, 0.05) is 74.5 Å². The number of aliphatic carboxylic acids is 1. The molecule has 8 rings (SSSR count). The highest BCUT2D eigenvalue weighted by atomic mass is 19.1. The van der Waals surface area contributed by atoms with E-state index in [2.05, 4.69) is 40.3 Å². The number of carbonyl (C=O) groups is 1. The van der Waals surface area contributed by atoms with E-state index < -0.39 is 11.8 Å². The highest BCUT2D eigenvalue weighted by molar-refractivity contribution is 5.91. The van der Waals surface area contributed by atoms with Gasteiger partial charge in [-0.1, -0.05) is 30.3 Å². The lowest BCUT2D eigenvalue weighted by atomic mass is 9.92. The van der Waals surface area contributed by atoms with Crippen molar-refractivity contribution < 1.29 is 23.8 Å². The van der Waals surface area contributed by atoms with Gasteiger partial charge in [0.15, 0.2) is 17.2 Å². The largest absolute Gasteiger partial charge is 0.481 e. The average molecular weight is 716 g/mol. The van der Waals surface area contributed by atoms with Gasteiger partial charge in [0.05, 0.1) is 17.4 Å². The Hall–Kier alpha value is -5.43. The molecule has 4 N–H and O–H groups in total. The van der Waals surface area contributed by atoms with Crippen molar-refractivity contribution in [1.29, 1.82) is 5.41 Å². The van der Waals surface area contributed by atoms with E-state index in [1.807, 2.05) is 48.4 Å². The summed E-state index contributed by atoms with van der Waals surface area (Å²) in [5.74, 6) is -0.585. The number of carboxylic acids is 1. The van der Waals surface area contributed by atoms with Crippen LogP contribution in [0, 0.1) is 31.0 Å². The first-order valence-corrected chi connectivity index (χ1v) is 18.1. The van der Waals surface area contributed by atoms with Crippen LogP contribution >= 0.6 is 0 Å². The SMILES string of the molecule is Cc1c(Nc2nccc3cc(CN4CC[C@@H](O)C4)cnc23)cccc1-c1cccc(-c2cc3c(=N)n(CCN4CC[C@@H](C(=O)O)C4)cc(F)c3o2)c1C. The maximum atomic E-state index is 15.4. The first-order chi connectivity index (χ1) is 25.6. The molecule has 6 aromatic rings. The second kappa shape index (κ2) is 14.2. The third kappa shape index (κ3) is 6.81. The normalized spacial score (nSPS) is 18.0. The van der Waals surface area contributed by atoms with Gasteiger partial charge < -0.3 is 29.4 Å². The summed E-state index contributed by atoms with van der Waals surface area (Å²) in [6.07, 6.45) is 6.10. The van der Waals surface area contributed by atoms with Crippen molar-refractivity contribution in [1.82, 2.24) is 24.3 Å². The first kappa shape index (κ1) is 34.6. The fourth-order valence-corrected chi connectivity index (χ4v) is 7.84. The monoisotopic (exact) mass is 715 g/mol. The van der Waals surface area contributed by atoms with Gasteiger partial charge in [0.25, 0.3) is 0 Å². The van der Waals surface area contributed by atoms with Crippen LogP contribution in [0.1, 0.15) is 29.5 Å². The lowest BCUT2D eigenvalue weighted by molar-refractivity contribution is -0.141. The molecule has 0 aliphatic carbocycles. The number of benzene rings is 2. The Bertz CT molecular complexity index is 2420. The summed E-state index contributed by atoms with van der Waals surface area (Å²) in [6.45, 7) is 8.42. The molecular weight excluding hydrogens is 673 g/mol. The molecule has 0 bridgehead atoms. The standard InChI is InChI=1S/C41H42FN7O4/c1-24-30(5-3-7-32(24)36-18-33-38(53-36)34(42)23-49(39(33)43)16-15-47-13-10-28(21-47)41(51)52)31-6-4-8-35(25(31)2)46-40-37-27(9-12-44-40)17-26(19-45-37)20-48-14-11-29(50)22-48/h3-9,12,17-19,23,28-29,43,50H,10-11,13-16,20-22H2,1-2H3,(H,44,46)(H,51,52)/t28-,29-/m1/s1. The van der Waals surface area contributed by atoms with Crippen molar-refractivity contribution in [2.24, 2.45) is 5.92 Å². The molecule has 2 aliphatic rings. The molecule has 2 aliphatic heterocycles. The molecule has 4 aromatic heterocycles. The van der Waals surface area contributed by atoms with Gasteiger partial charge in [-0.2, -0.15) is 0 Å². The highest BCUT2D eigenvalue weighted by Crippen LogP contribution is 2.38. The van der Waals surface area contributed by atoms with E-state index in [9.17, 15) is 15.0 Å². The zero-order valence-electron chi connectivity index (χ0n) is 29.8. The molecule has 0 saturated carbocycles. The number of furan rings is 1. The molecule has 53 heavy (non-hydrogen) atoms. The van der Waals surface area contributed by atoms with Crippen LogP contribution in [-0.4, -0.2) is 79.3 Å². The van der Waals surface area contributed by atoms with E-state index >= 15 is 4.39 Å². The summed E-state index contributed by atoms with van der Waals surface area (Å²) in [7, 11) is 0. The molecule has 0 radical (unpaired) electrons. The first-order valence-electron chi connectivity index (χ1n) is 18.1. The topological polar surface area (TPSA) is 144 Å². The highest BCUT2D eigenvalue weighted by Gasteiger charge is 2.28. The lowest BCUT2D eigenvalue weighted by Crippen LogP contribution is -2.30. The van der Waals surface area contributed by atoms with Gasteiger partial charge in [0.1, 0.15) is 16.8 Å². The molecule has 2 saturated heterocycles. The molecule has 272 valence electrons. The van der Waals surface area contributed by atoms with Crippen molar-refractivity contribution in [2.75, 3.05) is 38.0 Å². The maximum absolute atomic E-state index is 15.4. The number of pyridine rings is 3. The van der Waals surface area contributed by atoms with E-state index in [1.165, 1.54) is 6.20 Å². The Morgan fingerprint density at radius 1 is 0.981 bits per heavy atom. The number of halogens is 1. The zero-order valence-corrected chi connectivity index (χ0v) is 29.8. The molecule has 2 fully saturated rings. The van der Waals surface area contributed by atoms with Crippen molar-refractivity contribution in [3.8, 4) is 22.5 Å². The average Bonchev–Trinajstić information content (AvgIpc) is 3.91. The number of hydrogen-bond donors (Lipinski definition) is 4. The summed E-state index contributed by atoms with van der Waals surface area (Å²) in [5.41, 5.74) is 7.75. The fraction of sp³-hybridized carbons (Fsp3) is 0.317. The number of carboxylic acid groups (broad SMARTS) is 1. The van der Waals surface area contributed by atoms with Crippen LogP contribution in [-0.2, 0) is 17.9 Å². The third-order valence-electron chi connectivity index (χ3n) is 10.8. The van der Waals surface area contributed by atoms with Crippen molar-refractivity contribution in [3.05, 3.63) is 101 Å². The van der Waals surface area contributed by atoms with E-state index in [0.717, 1.165) is 69.5 Å². The quantitative estimate of drug-likeness (QED) is 0.126. The van der Waals surface area contributed by atoms with Crippen LogP contribution in [0.4, 0.5) is 15.9 Å². The summed E-state index contributed by atoms with van der Waals surface area (Å²) < 4.78 is 23.1. The molecule has 0 spiro atoms. The van der Waals surface area contributed by atoms with Crippen LogP contribution in [0.25, 0.3) is 44.3 Å². The van der Waals surface area contributed by atoms with E-state index in [4.69, 9.17) is 14.8 Å². The molecule has 0 unspecified atom stereocenters. The number of nitrogens with zero attached hydrogens (tertiary/aromatic N) is 5. The Kier molecular flexibility index (Phi) is 9.27. The number of aliphatic hydroxyl groups excluding tert-OH is 1. The molecule has 0 amide bonds. The van der Waals surface area contributed by atoms with Crippen LogP contribution in [0.15, 0.2) is 77.6 Å². The maximum Gasteiger partial charge on any atom is 0.307 e. The second-order valence-corrected chi connectivity index (χ2v) is 14.3. The Morgan fingerprint density at radius 3 is 2.53 bits per heavy atom. The molecule has 2 atom stereocenters. The van der Waals surface area contributed by atoms with Gasteiger partial charge in [-0.15, -0.1) is 0 Å². The number of hydrogen-bond acceptors (Lipinski definition) is 9. The van der Waals surface area contributed by atoms with E-state index in [0.29, 0.717) is 56.1 Å². The second-order valence-electron chi connectivity index (χ2n) is 14.3. The number of likely N-dealkylation sites (tertiary alicyclic amines) is 2. The summed E-state index contributed by atoms with van der Waals surface area (Å²) in [4.78, 5) is 25.1. The van der Waals surface area contributed by atoms with Crippen molar-refractivity contribution in [2.45, 2.75) is 45.9 Å². The molecule has 11 nitrogen and oxygen atoms in total. The van der Waals surface area contributed by atoms with Gasteiger partial charge >= 0.3 is 5.97 Å².